The Labute approximate surface area is 173 Å². The van der Waals surface area contributed by atoms with Crippen molar-refractivity contribution >= 4 is 18.0 Å². The van der Waals surface area contributed by atoms with Gasteiger partial charge in [0.1, 0.15) is 0 Å². The molecule has 3 aliphatic rings. The summed E-state index contributed by atoms with van der Waals surface area (Å²) in [4.78, 5) is 0. The number of hydrogen-bond acceptors (Lipinski definition) is 4. The van der Waals surface area contributed by atoms with Crippen LogP contribution in [0.1, 0.15) is 43.6 Å². The topological polar surface area (TPSA) is 73.9 Å². The Balaban J connectivity index is 1.72. The maximum atomic E-state index is 9.68. The van der Waals surface area contributed by atoms with E-state index < -0.39 is 0 Å². The summed E-state index contributed by atoms with van der Waals surface area (Å²) < 4.78 is 0. The van der Waals surface area contributed by atoms with Crippen molar-refractivity contribution < 1.29 is 0 Å². The van der Waals surface area contributed by atoms with Gasteiger partial charge >= 0.3 is 0 Å². The molecular weight excluding hydrogens is 356 g/mol. The van der Waals surface area contributed by atoms with Gasteiger partial charge < -0.3 is 16.4 Å². The molecule has 1 aromatic rings. The van der Waals surface area contributed by atoms with Crippen LogP contribution >= 0.6 is 0 Å². The quantitative estimate of drug-likeness (QED) is 0.728. The van der Waals surface area contributed by atoms with Crippen molar-refractivity contribution in [2.75, 3.05) is 18.4 Å². The van der Waals surface area contributed by atoms with Crippen molar-refractivity contribution in [3.05, 3.63) is 64.1 Å². The monoisotopic (exact) mass is 386 g/mol. The molecule has 1 atom stereocenters. The first-order valence-electron chi connectivity index (χ1n) is 10.7. The van der Waals surface area contributed by atoms with E-state index in [-0.39, 0.29) is 5.92 Å². The number of nitrogens with one attached hydrogen (secondary N) is 2. The molecule has 150 valence electrons. The molecule has 0 spiro atoms. The highest BCUT2D eigenvalue weighted by molar-refractivity contribution is 5.57. The second-order valence-electron chi connectivity index (χ2n) is 8.28. The van der Waals surface area contributed by atoms with Crippen LogP contribution in [0, 0.1) is 17.2 Å². The van der Waals surface area contributed by atoms with E-state index in [9.17, 15) is 5.26 Å². The van der Waals surface area contributed by atoms with E-state index in [0.29, 0.717) is 12.0 Å². The molecule has 4 nitrogen and oxygen atoms in total. The van der Waals surface area contributed by atoms with E-state index in [0.717, 1.165) is 54.0 Å². The molecule has 29 heavy (non-hydrogen) atoms. The van der Waals surface area contributed by atoms with Crippen LogP contribution in [0.4, 0.5) is 5.69 Å². The molecule has 1 saturated heterocycles. The molecule has 0 aromatic heterocycles. The van der Waals surface area contributed by atoms with Gasteiger partial charge in [-0.25, -0.2) is 0 Å². The number of nitrogens with two attached hydrogens (primary N) is 1. The molecule has 2 fully saturated rings. The Kier molecular flexibility index (Phi) is 5.87. The first-order chi connectivity index (χ1) is 14.2. The van der Waals surface area contributed by atoms with Gasteiger partial charge in [0, 0.05) is 29.1 Å². The highest BCUT2D eigenvalue weighted by Crippen LogP contribution is 2.43. The second kappa shape index (κ2) is 8.71. The smallest absolute Gasteiger partial charge is 0.0991 e. The molecule has 1 aliphatic heterocycles. The van der Waals surface area contributed by atoms with Crippen LogP contribution in [0.3, 0.4) is 0 Å². The number of nitrogens with zero attached hydrogens (tertiary/aromatic N) is 1. The summed E-state index contributed by atoms with van der Waals surface area (Å²) in [6.07, 6.45) is 15.6. The van der Waals surface area contributed by atoms with E-state index in [1.807, 2.05) is 12.2 Å². The van der Waals surface area contributed by atoms with Crippen molar-refractivity contribution in [3.63, 3.8) is 0 Å². The Morgan fingerprint density at radius 2 is 2.00 bits per heavy atom. The van der Waals surface area contributed by atoms with Crippen LogP contribution in [0.2, 0.25) is 0 Å². The van der Waals surface area contributed by atoms with Gasteiger partial charge in [-0.15, -0.1) is 0 Å². The maximum absolute atomic E-state index is 9.68. The molecule has 0 amide bonds. The minimum atomic E-state index is 0.213. The van der Waals surface area contributed by atoms with Crippen LogP contribution < -0.4 is 26.8 Å². The van der Waals surface area contributed by atoms with Gasteiger partial charge in [-0.05, 0) is 73.5 Å². The van der Waals surface area contributed by atoms with E-state index >= 15 is 0 Å². The highest BCUT2D eigenvalue weighted by Gasteiger charge is 2.30. The average Bonchev–Trinajstić information content (AvgIpc) is 3.59. The zero-order valence-corrected chi connectivity index (χ0v) is 17.0. The summed E-state index contributed by atoms with van der Waals surface area (Å²) in [5.74, 6) is 0.822. The molecule has 1 aromatic carbocycles. The van der Waals surface area contributed by atoms with Gasteiger partial charge in [-0.1, -0.05) is 36.9 Å². The number of rotatable bonds is 5. The summed E-state index contributed by atoms with van der Waals surface area (Å²) in [5, 5.41) is 18.9. The largest absolute Gasteiger partial charge is 0.404 e. The first-order valence-corrected chi connectivity index (χ1v) is 10.7. The van der Waals surface area contributed by atoms with Gasteiger partial charge in [-0.3, -0.25) is 0 Å². The van der Waals surface area contributed by atoms with E-state index in [1.54, 1.807) is 6.20 Å². The number of piperidine rings is 1. The lowest BCUT2D eigenvalue weighted by atomic mass is 9.84. The van der Waals surface area contributed by atoms with Crippen LogP contribution in [0.5, 0.6) is 0 Å². The fourth-order valence-corrected chi connectivity index (χ4v) is 4.51. The van der Waals surface area contributed by atoms with Gasteiger partial charge in [-0.2, -0.15) is 5.26 Å². The van der Waals surface area contributed by atoms with Crippen molar-refractivity contribution in [1.29, 1.82) is 5.26 Å². The molecule has 4 rings (SSSR count). The molecular formula is C25H30N4. The van der Waals surface area contributed by atoms with E-state index in [2.05, 4.69) is 47.6 Å². The predicted molar refractivity (Wildman–Crippen MR) is 120 cm³/mol. The predicted octanol–water partition coefficient (Wildman–Crippen LogP) is 2.79. The Morgan fingerprint density at radius 1 is 1.21 bits per heavy atom. The number of nitriles is 1. The zero-order valence-electron chi connectivity index (χ0n) is 17.0. The fraction of sp³-hybridized carbons (Fsp3) is 0.400. The Hall–Kier alpha value is -2.77. The van der Waals surface area contributed by atoms with Crippen molar-refractivity contribution in [3.8, 4) is 6.07 Å². The normalized spacial score (nSPS) is 23.9. The molecule has 4 heteroatoms. The minimum absolute atomic E-state index is 0.213. The van der Waals surface area contributed by atoms with Crippen LogP contribution in [-0.2, 0) is 0 Å². The number of allylic oxidation sites excluding steroid dienone is 5. The molecule has 1 unspecified atom stereocenters. The molecule has 2 aliphatic carbocycles. The number of anilines is 1. The van der Waals surface area contributed by atoms with Gasteiger partial charge in [0.15, 0.2) is 0 Å². The average molecular weight is 387 g/mol. The Morgan fingerprint density at radius 3 is 2.66 bits per heavy atom. The third-order valence-electron chi connectivity index (χ3n) is 6.23. The van der Waals surface area contributed by atoms with Gasteiger partial charge in [0.25, 0.3) is 0 Å². The number of benzene rings is 1. The summed E-state index contributed by atoms with van der Waals surface area (Å²) >= 11 is 0. The van der Waals surface area contributed by atoms with Crippen LogP contribution in [0.25, 0.3) is 12.3 Å². The highest BCUT2D eigenvalue weighted by atomic mass is 15.0. The first kappa shape index (κ1) is 19.5. The van der Waals surface area contributed by atoms with Crippen LogP contribution in [0.15, 0.2) is 48.1 Å². The van der Waals surface area contributed by atoms with Gasteiger partial charge in [0.2, 0.25) is 0 Å². The maximum Gasteiger partial charge on any atom is 0.0991 e. The van der Waals surface area contributed by atoms with E-state index in [4.69, 9.17) is 5.73 Å². The molecule has 4 N–H and O–H groups in total. The summed E-state index contributed by atoms with van der Waals surface area (Å²) in [5.41, 5.74) is 10.4. The summed E-state index contributed by atoms with van der Waals surface area (Å²) in [6, 6.07) is 7.31. The van der Waals surface area contributed by atoms with Crippen molar-refractivity contribution in [2.45, 2.75) is 44.1 Å². The van der Waals surface area contributed by atoms with Crippen molar-refractivity contribution in [1.82, 2.24) is 5.32 Å². The van der Waals surface area contributed by atoms with E-state index in [1.165, 1.54) is 24.0 Å². The molecule has 1 heterocycles. The molecule has 0 radical (unpaired) electrons. The van der Waals surface area contributed by atoms with Gasteiger partial charge in [0.05, 0.1) is 11.6 Å². The SMILES string of the molecule is C=C/C=c1/cc(C2C=C(C#N)C(C3CC3)=CC2)cc(NC2CCNCC2)/c1=C/N. The minimum Gasteiger partial charge on any atom is -0.404 e. The third-order valence-corrected chi connectivity index (χ3v) is 6.23. The standard InChI is InChI=1S/C25H30N4/c1-2-3-19-13-20(18-6-7-23(17-4-5-17)21(12-18)15-26)14-25(24(19)16-27)29-22-8-10-28-11-9-22/h2-3,7,12-14,16-18,22,28-29H,1,4-6,8-11,27H2/b19-3-,24-16+. The second-order valence-corrected chi connectivity index (χ2v) is 8.28. The molecule has 0 bridgehead atoms. The Bertz CT molecular complexity index is 998. The lowest BCUT2D eigenvalue weighted by Crippen LogP contribution is -2.38. The zero-order chi connectivity index (χ0) is 20.2. The van der Waals surface area contributed by atoms with Crippen molar-refractivity contribution in [2.24, 2.45) is 11.7 Å². The molecule has 1 saturated carbocycles. The number of hydrogen-bond donors (Lipinski definition) is 3. The summed E-state index contributed by atoms with van der Waals surface area (Å²) in [7, 11) is 0. The lowest BCUT2D eigenvalue weighted by Gasteiger charge is -2.26. The lowest BCUT2D eigenvalue weighted by molar-refractivity contribution is 0.479. The fourth-order valence-electron chi connectivity index (χ4n) is 4.51. The summed E-state index contributed by atoms with van der Waals surface area (Å²) in [6.45, 7) is 5.95. The van der Waals surface area contributed by atoms with Crippen LogP contribution in [-0.4, -0.2) is 19.1 Å². The third kappa shape index (κ3) is 4.31.